The van der Waals surface area contributed by atoms with Gasteiger partial charge < -0.3 is 10.3 Å². The van der Waals surface area contributed by atoms with Crippen molar-refractivity contribution in [1.82, 2.24) is 25.1 Å². The molecule has 2 aromatic heterocycles. The topological polar surface area (TPSA) is 75.6 Å². The van der Waals surface area contributed by atoms with Crippen molar-refractivity contribution in [3.63, 3.8) is 0 Å². The van der Waals surface area contributed by atoms with Crippen LogP contribution >= 0.6 is 0 Å². The Morgan fingerprint density at radius 1 is 1.21 bits per heavy atom. The van der Waals surface area contributed by atoms with Gasteiger partial charge in [-0.3, -0.25) is 4.79 Å². The van der Waals surface area contributed by atoms with E-state index in [9.17, 15) is 4.79 Å². The maximum absolute atomic E-state index is 12.3. The molecule has 0 unspecified atom stereocenters. The summed E-state index contributed by atoms with van der Waals surface area (Å²) in [6.45, 7) is 4.93. The van der Waals surface area contributed by atoms with Gasteiger partial charge in [-0.25, -0.2) is 9.67 Å². The summed E-state index contributed by atoms with van der Waals surface area (Å²) < 4.78 is 1.80. The predicted octanol–water partition coefficient (Wildman–Crippen LogP) is 2.57. The highest BCUT2D eigenvalue weighted by molar-refractivity contribution is 5.94. The average Bonchev–Trinajstić information content (AvgIpc) is 3.20. The number of nitrogens with zero attached hydrogens (tertiary/aromatic N) is 3. The Bertz CT molecular complexity index is 892. The average molecular weight is 321 g/mol. The van der Waals surface area contributed by atoms with E-state index >= 15 is 0 Å². The van der Waals surface area contributed by atoms with Crippen LogP contribution in [0.5, 0.6) is 0 Å². The molecule has 0 saturated heterocycles. The lowest BCUT2D eigenvalue weighted by atomic mass is 9.88. The normalized spacial score (nSPS) is 16.3. The van der Waals surface area contributed by atoms with Gasteiger partial charge in [0.2, 0.25) is 0 Å². The quantitative estimate of drug-likeness (QED) is 0.762. The van der Waals surface area contributed by atoms with Gasteiger partial charge in [0.15, 0.2) is 0 Å². The van der Waals surface area contributed by atoms with Crippen LogP contribution in [0.15, 0.2) is 42.7 Å². The number of benzene rings is 1. The third kappa shape index (κ3) is 2.50. The van der Waals surface area contributed by atoms with Crippen LogP contribution in [0.1, 0.15) is 30.0 Å². The molecule has 0 saturated carbocycles. The Balaban J connectivity index is 1.83. The van der Waals surface area contributed by atoms with Gasteiger partial charge in [-0.2, -0.15) is 5.10 Å². The van der Waals surface area contributed by atoms with E-state index in [2.05, 4.69) is 34.2 Å². The molecule has 0 fully saturated rings. The number of carbonyl (C=O) groups is 1. The molecule has 2 N–H and O–H groups in total. The molecule has 1 aromatic carbocycles. The first-order valence-electron chi connectivity index (χ1n) is 8.00. The Kier molecular flexibility index (Phi) is 3.26. The van der Waals surface area contributed by atoms with Crippen LogP contribution in [0.25, 0.3) is 17.1 Å². The molecule has 122 valence electrons. The minimum absolute atomic E-state index is 0.00772. The monoisotopic (exact) mass is 321 g/mol. The second-order valence-corrected chi connectivity index (χ2v) is 6.90. The summed E-state index contributed by atoms with van der Waals surface area (Å²) >= 11 is 0. The summed E-state index contributed by atoms with van der Waals surface area (Å²) in [5, 5.41) is 7.26. The second kappa shape index (κ2) is 5.33. The Hall–Kier alpha value is -2.89. The van der Waals surface area contributed by atoms with Gasteiger partial charge in [0.25, 0.3) is 5.91 Å². The summed E-state index contributed by atoms with van der Waals surface area (Å²) in [6, 6.07) is 9.77. The van der Waals surface area contributed by atoms with Gasteiger partial charge in [0.1, 0.15) is 11.5 Å². The molecule has 0 atom stereocenters. The van der Waals surface area contributed by atoms with Gasteiger partial charge in [-0.1, -0.05) is 26.0 Å². The van der Waals surface area contributed by atoms with Gasteiger partial charge in [0, 0.05) is 30.2 Å². The third-order valence-electron chi connectivity index (χ3n) is 4.29. The lowest BCUT2D eigenvalue weighted by Crippen LogP contribution is -2.32. The second-order valence-electron chi connectivity index (χ2n) is 6.90. The van der Waals surface area contributed by atoms with Crippen molar-refractivity contribution in [3.8, 4) is 17.1 Å². The van der Waals surface area contributed by atoms with Gasteiger partial charge >= 0.3 is 0 Å². The number of imidazole rings is 1. The molecular weight excluding hydrogens is 302 g/mol. The molecule has 0 aliphatic carbocycles. The highest BCUT2D eigenvalue weighted by Crippen LogP contribution is 2.29. The number of rotatable bonds is 2. The molecular formula is C18H19N5O. The van der Waals surface area contributed by atoms with Crippen molar-refractivity contribution in [2.24, 2.45) is 5.41 Å². The largest absolute Gasteiger partial charge is 0.350 e. The number of nitrogens with one attached hydrogen (secondary N) is 2. The Morgan fingerprint density at radius 2 is 2.04 bits per heavy atom. The standard InChI is InChI=1S/C18H19N5O/c1-18(2)10-13-15(17(24)19-11-18)22-16(21-13)12-6-3-4-7-14(12)23-9-5-8-20-23/h3-9H,10-11H2,1-2H3,(H,19,24)(H,21,22). The fourth-order valence-electron chi connectivity index (χ4n) is 3.08. The van der Waals surface area contributed by atoms with E-state index in [1.165, 1.54) is 0 Å². The van der Waals surface area contributed by atoms with Crippen molar-refractivity contribution in [2.45, 2.75) is 20.3 Å². The smallest absolute Gasteiger partial charge is 0.271 e. The fourth-order valence-corrected chi connectivity index (χ4v) is 3.08. The van der Waals surface area contributed by atoms with E-state index < -0.39 is 0 Å². The van der Waals surface area contributed by atoms with Gasteiger partial charge in [0.05, 0.1) is 5.69 Å². The van der Waals surface area contributed by atoms with Crippen LogP contribution in [-0.4, -0.2) is 32.2 Å². The molecule has 1 aliphatic rings. The van der Waals surface area contributed by atoms with Crippen molar-refractivity contribution >= 4 is 5.91 Å². The molecule has 0 bridgehead atoms. The van der Waals surface area contributed by atoms with Crippen LogP contribution in [0.2, 0.25) is 0 Å². The van der Waals surface area contributed by atoms with E-state index in [1.54, 1.807) is 10.9 Å². The summed E-state index contributed by atoms with van der Waals surface area (Å²) in [6.07, 6.45) is 4.41. The third-order valence-corrected chi connectivity index (χ3v) is 4.29. The number of carbonyl (C=O) groups excluding carboxylic acids is 1. The number of hydrogen-bond donors (Lipinski definition) is 2. The van der Waals surface area contributed by atoms with Crippen molar-refractivity contribution in [1.29, 1.82) is 0 Å². The molecule has 0 spiro atoms. The van der Waals surface area contributed by atoms with Gasteiger partial charge in [-0.05, 0) is 30.0 Å². The van der Waals surface area contributed by atoms with E-state index in [4.69, 9.17) is 0 Å². The minimum Gasteiger partial charge on any atom is -0.350 e. The van der Waals surface area contributed by atoms with Crippen LogP contribution in [0.3, 0.4) is 0 Å². The van der Waals surface area contributed by atoms with E-state index in [-0.39, 0.29) is 11.3 Å². The number of aromatic nitrogens is 4. The molecule has 3 aromatic rings. The minimum atomic E-state index is -0.116. The highest BCUT2D eigenvalue weighted by Gasteiger charge is 2.30. The zero-order chi connectivity index (χ0) is 16.7. The SMILES string of the molecule is CC1(C)CNC(=O)c2nc(-c3ccccc3-n3cccn3)[nH]c2C1. The lowest BCUT2D eigenvalue weighted by molar-refractivity contribution is 0.0940. The molecule has 0 radical (unpaired) electrons. The summed E-state index contributed by atoms with van der Waals surface area (Å²) in [4.78, 5) is 20.3. The van der Waals surface area contributed by atoms with E-state index in [0.29, 0.717) is 18.1 Å². The number of aromatic amines is 1. The number of H-pyrrole nitrogens is 1. The lowest BCUT2D eigenvalue weighted by Gasteiger charge is -2.21. The molecule has 3 heterocycles. The number of hydrogen-bond acceptors (Lipinski definition) is 3. The molecule has 24 heavy (non-hydrogen) atoms. The first-order valence-corrected chi connectivity index (χ1v) is 8.00. The number of amides is 1. The maximum Gasteiger partial charge on any atom is 0.271 e. The van der Waals surface area contributed by atoms with E-state index in [1.807, 2.05) is 36.5 Å². The highest BCUT2D eigenvalue weighted by atomic mass is 16.1. The first kappa shape index (κ1) is 14.7. The summed E-state index contributed by atoms with van der Waals surface area (Å²) in [5.41, 5.74) is 3.21. The predicted molar refractivity (Wildman–Crippen MR) is 91.0 cm³/mol. The van der Waals surface area contributed by atoms with Crippen LogP contribution in [0.4, 0.5) is 0 Å². The Morgan fingerprint density at radius 3 is 2.83 bits per heavy atom. The van der Waals surface area contributed by atoms with Crippen LogP contribution in [0, 0.1) is 5.41 Å². The summed E-state index contributed by atoms with van der Waals surface area (Å²) in [5.74, 6) is 0.577. The zero-order valence-electron chi connectivity index (χ0n) is 13.7. The maximum atomic E-state index is 12.3. The van der Waals surface area contributed by atoms with Crippen molar-refractivity contribution in [3.05, 3.63) is 54.1 Å². The molecule has 1 amide bonds. The molecule has 6 heteroatoms. The number of para-hydroxylation sites is 1. The van der Waals surface area contributed by atoms with Crippen LogP contribution in [-0.2, 0) is 6.42 Å². The number of fused-ring (bicyclic) bond motifs is 1. The fraction of sp³-hybridized carbons (Fsp3) is 0.278. The summed E-state index contributed by atoms with van der Waals surface area (Å²) in [7, 11) is 0. The first-order chi connectivity index (χ1) is 11.5. The van der Waals surface area contributed by atoms with Gasteiger partial charge in [-0.15, -0.1) is 0 Å². The zero-order valence-corrected chi connectivity index (χ0v) is 13.7. The van der Waals surface area contributed by atoms with Crippen LogP contribution < -0.4 is 5.32 Å². The van der Waals surface area contributed by atoms with Crippen molar-refractivity contribution < 1.29 is 4.79 Å². The Labute approximate surface area is 139 Å². The molecule has 1 aliphatic heterocycles. The van der Waals surface area contributed by atoms with Crippen molar-refractivity contribution in [2.75, 3.05) is 6.54 Å². The molecule has 6 nitrogen and oxygen atoms in total. The van der Waals surface area contributed by atoms with E-state index in [0.717, 1.165) is 23.4 Å². The molecule has 4 rings (SSSR count).